The van der Waals surface area contributed by atoms with Crippen molar-refractivity contribution in [3.63, 3.8) is 0 Å². The molecule has 2 saturated heterocycles. The van der Waals surface area contributed by atoms with Crippen LogP contribution in [0.25, 0.3) is 0 Å². The van der Waals surface area contributed by atoms with E-state index in [1.54, 1.807) is 0 Å². The number of carbonyl (C=O) groups is 1. The number of Topliss-reactive ketones (excluding diaryl/α,β-unsaturated/α-hetero) is 1. The fourth-order valence-corrected chi connectivity index (χ4v) is 2.48. The van der Waals surface area contributed by atoms with E-state index in [1.807, 2.05) is 0 Å². The lowest BCUT2D eigenvalue weighted by molar-refractivity contribution is -0.131. The quantitative estimate of drug-likeness (QED) is 0.692. The smallest absolute Gasteiger partial charge is 0.141 e. The molecule has 0 N–H and O–H groups in total. The molecule has 0 aliphatic carbocycles. The number of rotatable bonds is 2. The molecule has 2 rings (SSSR count). The van der Waals surface area contributed by atoms with E-state index in [-0.39, 0.29) is 5.92 Å². The van der Waals surface area contributed by atoms with Crippen molar-refractivity contribution < 1.29 is 9.53 Å². The molecule has 0 radical (unpaired) electrons. The monoisotopic (exact) mass is 211 g/mol. The second-order valence-electron chi connectivity index (χ2n) is 4.70. The van der Waals surface area contributed by atoms with Crippen LogP contribution in [0, 0.1) is 5.92 Å². The highest BCUT2D eigenvalue weighted by molar-refractivity contribution is 5.82. The Hall–Kier alpha value is -0.410. The number of likely N-dealkylation sites (tertiary alicyclic amines) is 1. The molecule has 0 saturated carbocycles. The lowest BCUT2D eigenvalue weighted by Gasteiger charge is -2.27. The van der Waals surface area contributed by atoms with Gasteiger partial charge in [0.1, 0.15) is 5.78 Å². The van der Waals surface area contributed by atoms with Gasteiger partial charge in [0.25, 0.3) is 0 Å². The second-order valence-corrected chi connectivity index (χ2v) is 4.70. The molecule has 0 aromatic heterocycles. The molecule has 2 aliphatic rings. The summed E-state index contributed by atoms with van der Waals surface area (Å²) in [6.07, 6.45) is 5.92. The number of hydrogen-bond acceptors (Lipinski definition) is 3. The van der Waals surface area contributed by atoms with E-state index in [0.29, 0.717) is 25.4 Å². The molecule has 0 spiro atoms. The van der Waals surface area contributed by atoms with Crippen LogP contribution < -0.4 is 0 Å². The maximum Gasteiger partial charge on any atom is 0.141 e. The largest absolute Gasteiger partial charge is 0.380 e. The summed E-state index contributed by atoms with van der Waals surface area (Å²) in [4.78, 5) is 14.1. The topological polar surface area (TPSA) is 29.5 Å². The lowest BCUT2D eigenvalue weighted by atomic mass is 10.00. The van der Waals surface area contributed by atoms with Crippen molar-refractivity contribution in [3.05, 3.63) is 0 Å². The summed E-state index contributed by atoms with van der Waals surface area (Å²) in [6.45, 7) is 4.55. The van der Waals surface area contributed by atoms with E-state index in [9.17, 15) is 4.79 Å². The SMILES string of the molecule is O=C1CCOCC1CN1CCCCCC1. The maximum absolute atomic E-state index is 11.6. The zero-order chi connectivity index (χ0) is 10.5. The minimum atomic E-state index is 0.150. The first-order valence-electron chi connectivity index (χ1n) is 6.19. The standard InChI is InChI=1S/C12H21NO2/c14-12-5-8-15-10-11(12)9-13-6-3-1-2-4-7-13/h11H,1-10H2. The number of nitrogens with zero attached hydrogens (tertiary/aromatic N) is 1. The molecule has 0 aromatic carbocycles. The Morgan fingerprint density at radius 1 is 1.20 bits per heavy atom. The molecule has 0 bridgehead atoms. The molecule has 0 aromatic rings. The van der Waals surface area contributed by atoms with Gasteiger partial charge in [-0.05, 0) is 25.9 Å². The average Bonchev–Trinajstić information content (AvgIpc) is 2.50. The van der Waals surface area contributed by atoms with Gasteiger partial charge < -0.3 is 9.64 Å². The summed E-state index contributed by atoms with van der Waals surface area (Å²) in [6, 6.07) is 0. The van der Waals surface area contributed by atoms with Gasteiger partial charge >= 0.3 is 0 Å². The molecule has 2 fully saturated rings. The fourth-order valence-electron chi connectivity index (χ4n) is 2.48. The molecule has 86 valence electrons. The highest BCUT2D eigenvalue weighted by Gasteiger charge is 2.25. The van der Waals surface area contributed by atoms with Gasteiger partial charge in [-0.2, -0.15) is 0 Å². The van der Waals surface area contributed by atoms with E-state index in [2.05, 4.69) is 4.90 Å². The van der Waals surface area contributed by atoms with E-state index in [1.165, 1.54) is 38.8 Å². The Morgan fingerprint density at radius 2 is 1.93 bits per heavy atom. The normalized spacial score (nSPS) is 30.1. The number of hydrogen-bond donors (Lipinski definition) is 0. The molecule has 2 heterocycles. The van der Waals surface area contributed by atoms with Crippen LogP contribution in [-0.2, 0) is 9.53 Å². The number of carbonyl (C=O) groups excluding carboxylic acids is 1. The number of ketones is 1. The predicted molar refractivity (Wildman–Crippen MR) is 58.8 cm³/mol. The summed E-state index contributed by atoms with van der Waals surface area (Å²) in [5.41, 5.74) is 0. The molecule has 1 unspecified atom stereocenters. The molecule has 15 heavy (non-hydrogen) atoms. The van der Waals surface area contributed by atoms with Crippen molar-refractivity contribution in [1.29, 1.82) is 0 Å². The van der Waals surface area contributed by atoms with E-state index in [0.717, 1.165) is 6.54 Å². The van der Waals surface area contributed by atoms with Gasteiger partial charge in [0.15, 0.2) is 0 Å². The van der Waals surface area contributed by atoms with Crippen LogP contribution in [-0.4, -0.2) is 43.5 Å². The Bertz CT molecular complexity index is 210. The minimum absolute atomic E-state index is 0.150. The molecule has 0 amide bonds. The van der Waals surface area contributed by atoms with Crippen LogP contribution in [0.1, 0.15) is 32.1 Å². The molecule has 1 atom stereocenters. The van der Waals surface area contributed by atoms with Crippen molar-refractivity contribution in [3.8, 4) is 0 Å². The maximum atomic E-state index is 11.6. The third-order valence-electron chi connectivity index (χ3n) is 3.44. The number of ether oxygens (including phenoxy) is 1. The molecule has 3 nitrogen and oxygen atoms in total. The summed E-state index contributed by atoms with van der Waals surface area (Å²) in [7, 11) is 0. The highest BCUT2D eigenvalue weighted by Crippen LogP contribution is 2.15. The van der Waals surface area contributed by atoms with Crippen LogP contribution >= 0.6 is 0 Å². The zero-order valence-corrected chi connectivity index (χ0v) is 9.41. The van der Waals surface area contributed by atoms with Gasteiger partial charge in [0.2, 0.25) is 0 Å². The van der Waals surface area contributed by atoms with Crippen molar-refractivity contribution in [2.24, 2.45) is 5.92 Å². The second kappa shape index (κ2) is 5.61. The third-order valence-corrected chi connectivity index (χ3v) is 3.44. The van der Waals surface area contributed by atoms with Crippen molar-refractivity contribution in [1.82, 2.24) is 4.90 Å². The zero-order valence-electron chi connectivity index (χ0n) is 9.41. The van der Waals surface area contributed by atoms with Crippen molar-refractivity contribution in [2.75, 3.05) is 32.8 Å². The van der Waals surface area contributed by atoms with E-state index in [4.69, 9.17) is 4.74 Å². The van der Waals surface area contributed by atoms with Gasteiger partial charge in [-0.15, -0.1) is 0 Å². The van der Waals surface area contributed by atoms with Gasteiger partial charge in [0.05, 0.1) is 19.1 Å². The van der Waals surface area contributed by atoms with Crippen molar-refractivity contribution >= 4 is 5.78 Å². The van der Waals surface area contributed by atoms with Crippen LogP contribution in [0.4, 0.5) is 0 Å². The first-order chi connectivity index (χ1) is 7.36. The Kier molecular flexibility index (Phi) is 4.15. The molecular weight excluding hydrogens is 190 g/mol. The van der Waals surface area contributed by atoms with Crippen LogP contribution in [0.3, 0.4) is 0 Å². The minimum Gasteiger partial charge on any atom is -0.380 e. The molecule has 3 heteroatoms. The fraction of sp³-hybridized carbons (Fsp3) is 0.917. The Morgan fingerprint density at radius 3 is 2.60 bits per heavy atom. The van der Waals surface area contributed by atoms with Crippen LogP contribution in [0.2, 0.25) is 0 Å². The summed E-state index contributed by atoms with van der Waals surface area (Å²) in [5, 5.41) is 0. The predicted octanol–water partition coefficient (Wildman–Crippen LogP) is 1.47. The van der Waals surface area contributed by atoms with Crippen LogP contribution in [0.15, 0.2) is 0 Å². The van der Waals surface area contributed by atoms with Gasteiger partial charge in [0, 0.05) is 13.0 Å². The third kappa shape index (κ3) is 3.28. The first-order valence-corrected chi connectivity index (χ1v) is 6.19. The molecular formula is C12H21NO2. The lowest BCUT2D eigenvalue weighted by Crippen LogP contribution is -2.39. The Balaban J connectivity index is 1.80. The van der Waals surface area contributed by atoms with E-state index < -0.39 is 0 Å². The summed E-state index contributed by atoms with van der Waals surface area (Å²) < 4.78 is 5.38. The van der Waals surface area contributed by atoms with Crippen molar-refractivity contribution in [2.45, 2.75) is 32.1 Å². The van der Waals surface area contributed by atoms with Gasteiger partial charge in [-0.1, -0.05) is 12.8 Å². The Labute approximate surface area is 91.8 Å². The van der Waals surface area contributed by atoms with E-state index >= 15 is 0 Å². The summed E-state index contributed by atoms with van der Waals surface area (Å²) in [5.74, 6) is 0.558. The van der Waals surface area contributed by atoms with Gasteiger partial charge in [-0.3, -0.25) is 4.79 Å². The highest BCUT2D eigenvalue weighted by atomic mass is 16.5. The van der Waals surface area contributed by atoms with Gasteiger partial charge in [-0.25, -0.2) is 0 Å². The average molecular weight is 211 g/mol. The molecule has 2 aliphatic heterocycles. The van der Waals surface area contributed by atoms with Crippen LogP contribution in [0.5, 0.6) is 0 Å². The summed E-state index contributed by atoms with van der Waals surface area (Å²) >= 11 is 0. The first kappa shape index (κ1) is 11.1.